The molecule has 0 unspecified atom stereocenters. The third kappa shape index (κ3) is 2.74. The maximum atomic E-state index is 12.1. The SMILES string of the molecule is Cc1coc(NS(=O)(=O)c2ccc(C#N)c(C)c2)n1. The summed E-state index contributed by atoms with van der Waals surface area (Å²) in [7, 11) is -3.76. The number of anilines is 1. The third-order valence-electron chi connectivity index (χ3n) is 2.47. The van der Waals surface area contributed by atoms with E-state index in [0.717, 1.165) is 0 Å². The minimum atomic E-state index is -3.76. The summed E-state index contributed by atoms with van der Waals surface area (Å²) in [6.45, 7) is 3.36. The van der Waals surface area contributed by atoms with Crippen LogP contribution in [0.25, 0.3) is 0 Å². The van der Waals surface area contributed by atoms with E-state index >= 15 is 0 Å². The van der Waals surface area contributed by atoms with Gasteiger partial charge >= 0.3 is 6.01 Å². The van der Waals surface area contributed by atoms with Crippen LogP contribution in [0.1, 0.15) is 16.8 Å². The minimum absolute atomic E-state index is 0.0554. The molecule has 0 radical (unpaired) electrons. The average molecular weight is 277 g/mol. The molecular weight excluding hydrogens is 266 g/mol. The Kier molecular flexibility index (Phi) is 3.27. The van der Waals surface area contributed by atoms with Gasteiger partial charge in [0.1, 0.15) is 6.26 Å². The molecule has 98 valence electrons. The molecule has 19 heavy (non-hydrogen) atoms. The Hall–Kier alpha value is -2.33. The van der Waals surface area contributed by atoms with Gasteiger partial charge < -0.3 is 4.42 Å². The number of benzene rings is 1. The largest absolute Gasteiger partial charge is 0.431 e. The molecule has 0 fully saturated rings. The van der Waals surface area contributed by atoms with Crippen molar-refractivity contribution in [3.8, 4) is 6.07 Å². The van der Waals surface area contributed by atoms with Crippen LogP contribution < -0.4 is 4.72 Å². The van der Waals surface area contributed by atoms with Crippen molar-refractivity contribution in [1.29, 1.82) is 5.26 Å². The number of oxazole rings is 1. The summed E-state index contributed by atoms with van der Waals surface area (Å²) in [6, 6.07) is 6.15. The van der Waals surface area contributed by atoms with E-state index < -0.39 is 10.0 Å². The molecule has 0 aliphatic heterocycles. The van der Waals surface area contributed by atoms with Crippen molar-refractivity contribution in [2.75, 3.05) is 4.72 Å². The molecule has 2 rings (SSSR count). The van der Waals surface area contributed by atoms with E-state index in [0.29, 0.717) is 16.8 Å². The van der Waals surface area contributed by atoms with E-state index in [9.17, 15) is 8.42 Å². The first-order chi connectivity index (χ1) is 8.92. The van der Waals surface area contributed by atoms with Crippen LogP contribution in [0.5, 0.6) is 0 Å². The van der Waals surface area contributed by atoms with Gasteiger partial charge in [-0.15, -0.1) is 0 Å². The summed E-state index contributed by atoms with van der Waals surface area (Å²) in [5, 5.41) is 8.81. The average Bonchev–Trinajstić information content (AvgIpc) is 2.73. The molecule has 7 heteroatoms. The summed E-state index contributed by atoms with van der Waals surface area (Å²) in [5.41, 5.74) is 1.61. The molecule has 6 nitrogen and oxygen atoms in total. The Morgan fingerprint density at radius 3 is 2.63 bits per heavy atom. The van der Waals surface area contributed by atoms with Gasteiger partial charge in [0.05, 0.1) is 22.2 Å². The van der Waals surface area contributed by atoms with Gasteiger partial charge in [0, 0.05) is 0 Å². The highest BCUT2D eigenvalue weighted by Crippen LogP contribution is 2.18. The van der Waals surface area contributed by atoms with Crippen molar-refractivity contribution in [3.63, 3.8) is 0 Å². The fourth-order valence-electron chi connectivity index (χ4n) is 1.50. The summed E-state index contributed by atoms with van der Waals surface area (Å²) in [6.07, 6.45) is 1.35. The number of sulfonamides is 1. The summed E-state index contributed by atoms with van der Waals surface area (Å²) in [4.78, 5) is 3.92. The Morgan fingerprint density at radius 1 is 1.37 bits per heavy atom. The normalized spacial score (nSPS) is 11.0. The quantitative estimate of drug-likeness (QED) is 0.925. The molecule has 0 atom stereocenters. The fraction of sp³-hybridized carbons (Fsp3) is 0.167. The highest BCUT2D eigenvalue weighted by molar-refractivity contribution is 7.92. The van der Waals surface area contributed by atoms with E-state index in [1.807, 2.05) is 6.07 Å². The molecular formula is C12H11N3O3S. The Labute approximate surface area is 110 Å². The van der Waals surface area contributed by atoms with Crippen molar-refractivity contribution in [2.24, 2.45) is 0 Å². The molecule has 0 bridgehead atoms. The van der Waals surface area contributed by atoms with Crippen molar-refractivity contribution < 1.29 is 12.8 Å². The first kappa shape index (κ1) is 13.1. The highest BCUT2D eigenvalue weighted by Gasteiger charge is 2.17. The third-order valence-corrected chi connectivity index (χ3v) is 3.79. The molecule has 0 saturated carbocycles. The van der Waals surface area contributed by atoms with Crippen molar-refractivity contribution >= 4 is 16.0 Å². The van der Waals surface area contributed by atoms with Crippen LogP contribution >= 0.6 is 0 Å². The monoisotopic (exact) mass is 277 g/mol. The predicted molar refractivity (Wildman–Crippen MR) is 67.9 cm³/mol. The molecule has 0 aliphatic carbocycles. The van der Waals surface area contributed by atoms with Gasteiger partial charge in [0.25, 0.3) is 10.0 Å². The maximum absolute atomic E-state index is 12.1. The molecule has 0 aliphatic rings. The number of hydrogen-bond acceptors (Lipinski definition) is 5. The van der Waals surface area contributed by atoms with E-state index in [-0.39, 0.29) is 10.9 Å². The molecule has 0 saturated heterocycles. The first-order valence-corrected chi connectivity index (χ1v) is 6.86. The zero-order valence-corrected chi connectivity index (χ0v) is 11.2. The highest BCUT2D eigenvalue weighted by atomic mass is 32.2. The van der Waals surface area contributed by atoms with Crippen LogP contribution in [-0.2, 0) is 10.0 Å². The van der Waals surface area contributed by atoms with Crippen molar-refractivity contribution in [3.05, 3.63) is 41.3 Å². The van der Waals surface area contributed by atoms with Crippen LogP contribution in [0.3, 0.4) is 0 Å². The summed E-state index contributed by atoms with van der Waals surface area (Å²) < 4.78 is 31.3. The summed E-state index contributed by atoms with van der Waals surface area (Å²) in [5.74, 6) is 0. The lowest BCUT2D eigenvalue weighted by Gasteiger charge is -2.06. The molecule has 1 aromatic carbocycles. The maximum Gasteiger partial charge on any atom is 0.309 e. The van der Waals surface area contributed by atoms with Crippen LogP contribution in [0.4, 0.5) is 6.01 Å². The van der Waals surface area contributed by atoms with Crippen molar-refractivity contribution in [2.45, 2.75) is 18.7 Å². The zero-order valence-electron chi connectivity index (χ0n) is 10.3. The summed E-state index contributed by atoms with van der Waals surface area (Å²) >= 11 is 0. The Morgan fingerprint density at radius 2 is 2.11 bits per heavy atom. The number of hydrogen-bond donors (Lipinski definition) is 1. The number of nitrogens with zero attached hydrogens (tertiary/aromatic N) is 2. The lowest BCUT2D eigenvalue weighted by molar-refractivity contribution is 0.569. The molecule has 0 amide bonds. The fourth-order valence-corrected chi connectivity index (χ4v) is 2.52. The van der Waals surface area contributed by atoms with Gasteiger partial charge in [0.2, 0.25) is 0 Å². The van der Waals surface area contributed by atoms with Gasteiger partial charge in [-0.05, 0) is 37.6 Å². The second-order valence-corrected chi connectivity index (χ2v) is 5.67. The topological polar surface area (TPSA) is 96.0 Å². The van der Waals surface area contributed by atoms with Gasteiger partial charge in [-0.2, -0.15) is 10.2 Å². The molecule has 1 heterocycles. The smallest absolute Gasteiger partial charge is 0.309 e. The van der Waals surface area contributed by atoms with Gasteiger partial charge in [0.15, 0.2) is 0 Å². The van der Waals surface area contributed by atoms with Gasteiger partial charge in [-0.1, -0.05) is 0 Å². The van der Waals surface area contributed by atoms with E-state index in [4.69, 9.17) is 9.68 Å². The lowest BCUT2D eigenvalue weighted by atomic mass is 10.1. The number of aromatic nitrogens is 1. The van der Waals surface area contributed by atoms with E-state index in [2.05, 4.69) is 9.71 Å². The van der Waals surface area contributed by atoms with Gasteiger partial charge in [-0.3, -0.25) is 0 Å². The van der Waals surface area contributed by atoms with Crippen molar-refractivity contribution in [1.82, 2.24) is 4.98 Å². The zero-order chi connectivity index (χ0) is 14.0. The Bertz CT molecular complexity index is 757. The molecule has 2 aromatic rings. The van der Waals surface area contributed by atoms with Crippen LogP contribution in [0.2, 0.25) is 0 Å². The van der Waals surface area contributed by atoms with E-state index in [1.54, 1.807) is 13.8 Å². The Balaban J connectivity index is 2.35. The second-order valence-electron chi connectivity index (χ2n) is 3.99. The van der Waals surface area contributed by atoms with Crippen LogP contribution in [0.15, 0.2) is 33.8 Å². The number of aryl methyl sites for hydroxylation is 2. The standard InChI is InChI=1S/C12H11N3O3S/c1-8-5-11(4-3-10(8)6-13)19(16,17)15-12-14-9(2)7-18-12/h3-5,7H,1-2H3,(H,14,15). The van der Waals surface area contributed by atoms with Gasteiger partial charge in [-0.25, -0.2) is 13.1 Å². The second kappa shape index (κ2) is 4.74. The molecule has 1 aromatic heterocycles. The van der Waals surface area contributed by atoms with Crippen LogP contribution in [-0.4, -0.2) is 13.4 Å². The molecule has 1 N–H and O–H groups in total. The number of nitrogens with one attached hydrogen (secondary N) is 1. The number of rotatable bonds is 3. The minimum Gasteiger partial charge on any atom is -0.431 e. The lowest BCUT2D eigenvalue weighted by Crippen LogP contribution is -2.13. The van der Waals surface area contributed by atoms with Crippen LogP contribution in [0, 0.1) is 25.2 Å². The number of nitriles is 1. The van der Waals surface area contributed by atoms with E-state index in [1.165, 1.54) is 24.5 Å². The predicted octanol–water partition coefficient (Wildman–Crippen LogP) is 1.96. The first-order valence-electron chi connectivity index (χ1n) is 5.38. The molecule has 0 spiro atoms.